The minimum atomic E-state index is -0.106. The fourth-order valence-corrected chi connectivity index (χ4v) is 12.1. The van der Waals surface area contributed by atoms with E-state index in [1.807, 2.05) is 0 Å². The van der Waals surface area contributed by atoms with E-state index in [9.17, 15) is 0 Å². The minimum Gasteiger partial charge on any atom is -0.309 e. The van der Waals surface area contributed by atoms with E-state index >= 15 is 0 Å². The Kier molecular flexibility index (Phi) is 8.72. The van der Waals surface area contributed by atoms with Crippen LogP contribution in [0.3, 0.4) is 0 Å². The highest BCUT2D eigenvalue weighted by atomic mass is 15.0. The maximum Gasteiger partial charge on any atom is 0.241 e. The molecule has 0 aliphatic heterocycles. The van der Waals surface area contributed by atoms with E-state index in [0.29, 0.717) is 0 Å². The van der Waals surface area contributed by atoms with E-state index in [1.54, 1.807) is 0 Å². The number of fused-ring (bicyclic) bond motifs is 13. The van der Waals surface area contributed by atoms with E-state index in [4.69, 9.17) is 0 Å². The van der Waals surface area contributed by atoms with E-state index < -0.39 is 0 Å². The van der Waals surface area contributed by atoms with Gasteiger partial charge in [-0.15, -0.1) is 0 Å². The number of benzene rings is 11. The first kappa shape index (κ1) is 39.7. The Labute approximate surface area is 410 Å². The second-order valence-electron chi connectivity index (χ2n) is 18.9. The zero-order valence-electron chi connectivity index (χ0n) is 38.7. The summed E-state index contributed by atoms with van der Waals surface area (Å²) in [6.45, 7) is -0.106. The third-order valence-corrected chi connectivity index (χ3v) is 15.0. The van der Waals surface area contributed by atoms with Gasteiger partial charge in [0.15, 0.2) is 0 Å². The summed E-state index contributed by atoms with van der Waals surface area (Å²) >= 11 is 0. The summed E-state index contributed by atoms with van der Waals surface area (Å²) in [6, 6.07) is 96.2. The summed E-state index contributed by atoms with van der Waals surface area (Å²) in [5.74, 6) is 0. The van der Waals surface area contributed by atoms with Gasteiger partial charge in [0.25, 0.3) is 0 Å². The average molecular weight is 903 g/mol. The molecule has 4 heterocycles. The molecule has 0 atom stereocenters. The van der Waals surface area contributed by atoms with Crippen molar-refractivity contribution in [3.8, 4) is 22.7 Å². The molecule has 0 bridgehead atoms. The third kappa shape index (κ3) is 5.93. The van der Waals surface area contributed by atoms with Crippen molar-refractivity contribution < 1.29 is 0 Å². The number of para-hydroxylation sites is 7. The van der Waals surface area contributed by atoms with Crippen LogP contribution in [0, 0.1) is 0 Å². The topological polar surface area (TPSA) is 19.7 Å². The fraction of sp³-hybridized carbons (Fsp3) is 0. The zero-order valence-corrected chi connectivity index (χ0v) is 38.7. The molecule has 0 amide bonds. The first-order chi connectivity index (χ1) is 35.3. The Morgan fingerprint density at radius 2 is 0.521 bits per heavy atom. The highest BCUT2D eigenvalue weighted by Crippen LogP contribution is 2.42. The Balaban J connectivity index is 1.01. The molecule has 0 aliphatic carbocycles. The SMILES string of the molecule is c1ccc(-n2c3ccccc3c3cc(B(c4cccc(-n5c6ccccc6c6ccc7c8ccccc8n(-c8ccccc8)c7c65)c4)c4ccc5c(c4)c4ccccc4n5-c4ccccc4)ccc32)cc1. The zero-order chi connectivity index (χ0) is 46.6. The lowest BCUT2D eigenvalue weighted by atomic mass is 9.36. The Morgan fingerprint density at radius 1 is 0.197 bits per heavy atom. The molecular formula is C66H43BN4. The van der Waals surface area contributed by atoms with Crippen LogP contribution in [0.1, 0.15) is 0 Å². The smallest absolute Gasteiger partial charge is 0.241 e. The first-order valence-electron chi connectivity index (χ1n) is 24.5. The minimum absolute atomic E-state index is 0.106. The predicted molar refractivity (Wildman–Crippen MR) is 301 cm³/mol. The van der Waals surface area contributed by atoms with Crippen LogP contribution in [0.2, 0.25) is 0 Å². The van der Waals surface area contributed by atoms with Gasteiger partial charge in [0.05, 0.1) is 44.1 Å². The van der Waals surface area contributed by atoms with Gasteiger partial charge in [0.1, 0.15) is 0 Å². The lowest BCUT2D eigenvalue weighted by Crippen LogP contribution is -2.52. The molecule has 0 N–H and O–H groups in total. The van der Waals surface area contributed by atoms with Crippen LogP contribution in [-0.2, 0) is 0 Å². The molecule has 0 unspecified atom stereocenters. The highest BCUT2D eigenvalue weighted by molar-refractivity contribution is 6.95. The van der Waals surface area contributed by atoms with Crippen molar-refractivity contribution in [1.29, 1.82) is 0 Å². The van der Waals surface area contributed by atoms with Crippen molar-refractivity contribution in [3.63, 3.8) is 0 Å². The molecule has 0 aliphatic rings. The van der Waals surface area contributed by atoms with Crippen LogP contribution in [0.25, 0.3) is 110 Å². The largest absolute Gasteiger partial charge is 0.309 e. The number of hydrogen-bond donors (Lipinski definition) is 0. The molecule has 4 nitrogen and oxygen atoms in total. The maximum atomic E-state index is 2.53. The molecule has 0 spiro atoms. The van der Waals surface area contributed by atoms with E-state index in [0.717, 1.165) is 22.7 Å². The van der Waals surface area contributed by atoms with Crippen molar-refractivity contribution in [2.45, 2.75) is 0 Å². The van der Waals surface area contributed by atoms with Crippen LogP contribution in [0.4, 0.5) is 0 Å². The van der Waals surface area contributed by atoms with Crippen LogP contribution in [0.15, 0.2) is 261 Å². The second kappa shape index (κ2) is 15.6. The lowest BCUT2D eigenvalue weighted by Gasteiger charge is -2.19. The van der Waals surface area contributed by atoms with Gasteiger partial charge in [-0.1, -0.05) is 192 Å². The van der Waals surface area contributed by atoms with E-state index in [-0.39, 0.29) is 6.71 Å². The van der Waals surface area contributed by atoms with Crippen molar-refractivity contribution >= 4 is 110 Å². The number of hydrogen-bond acceptors (Lipinski definition) is 0. The summed E-state index contributed by atoms with van der Waals surface area (Å²) in [6.07, 6.45) is 0. The van der Waals surface area contributed by atoms with Gasteiger partial charge in [-0.2, -0.15) is 0 Å². The first-order valence-corrected chi connectivity index (χ1v) is 24.5. The van der Waals surface area contributed by atoms with Crippen molar-refractivity contribution in [2.75, 3.05) is 0 Å². The van der Waals surface area contributed by atoms with Crippen LogP contribution >= 0.6 is 0 Å². The fourth-order valence-electron chi connectivity index (χ4n) is 12.1. The van der Waals surface area contributed by atoms with Gasteiger partial charge in [0, 0.05) is 65.8 Å². The summed E-state index contributed by atoms with van der Waals surface area (Å²) in [5, 5.41) is 9.90. The Morgan fingerprint density at radius 3 is 0.972 bits per heavy atom. The van der Waals surface area contributed by atoms with Crippen molar-refractivity contribution in [3.05, 3.63) is 261 Å². The maximum absolute atomic E-state index is 2.53. The molecule has 330 valence electrons. The molecule has 0 saturated carbocycles. The van der Waals surface area contributed by atoms with Crippen LogP contribution in [-0.4, -0.2) is 25.0 Å². The molecule has 15 rings (SSSR count). The molecule has 0 fully saturated rings. The normalized spacial score (nSPS) is 11.9. The Hall–Kier alpha value is -9.32. The van der Waals surface area contributed by atoms with Crippen molar-refractivity contribution in [1.82, 2.24) is 18.3 Å². The summed E-state index contributed by atoms with van der Waals surface area (Å²) in [7, 11) is 0. The van der Waals surface area contributed by atoms with Gasteiger partial charge in [-0.25, -0.2) is 0 Å². The third-order valence-electron chi connectivity index (χ3n) is 15.0. The van der Waals surface area contributed by atoms with Gasteiger partial charge in [0.2, 0.25) is 6.71 Å². The van der Waals surface area contributed by atoms with Crippen LogP contribution in [0.5, 0.6) is 0 Å². The summed E-state index contributed by atoms with van der Waals surface area (Å²) in [4.78, 5) is 0. The summed E-state index contributed by atoms with van der Waals surface area (Å²) in [5.41, 5.74) is 17.8. The quantitative estimate of drug-likeness (QED) is 0.142. The van der Waals surface area contributed by atoms with Crippen molar-refractivity contribution in [2.24, 2.45) is 0 Å². The van der Waals surface area contributed by atoms with Gasteiger partial charge < -0.3 is 18.3 Å². The molecular weight excluding hydrogens is 860 g/mol. The van der Waals surface area contributed by atoms with Gasteiger partial charge in [-0.3, -0.25) is 0 Å². The molecule has 15 aromatic rings. The summed E-state index contributed by atoms with van der Waals surface area (Å²) < 4.78 is 9.81. The molecule has 0 saturated heterocycles. The Bertz CT molecular complexity index is 4420. The van der Waals surface area contributed by atoms with Gasteiger partial charge >= 0.3 is 0 Å². The van der Waals surface area contributed by atoms with E-state index in [2.05, 4.69) is 279 Å². The molecule has 4 aromatic heterocycles. The van der Waals surface area contributed by atoms with Gasteiger partial charge in [-0.05, 0) is 84.9 Å². The lowest BCUT2D eigenvalue weighted by molar-refractivity contribution is 1.15. The molecule has 5 heteroatoms. The highest BCUT2D eigenvalue weighted by Gasteiger charge is 2.27. The number of aromatic nitrogens is 4. The average Bonchev–Trinajstić information content (AvgIpc) is 4.17. The number of rotatable bonds is 7. The second-order valence-corrected chi connectivity index (χ2v) is 18.9. The van der Waals surface area contributed by atoms with E-state index in [1.165, 1.54) is 104 Å². The monoisotopic (exact) mass is 902 g/mol. The standard InChI is InChI=1S/C66H43BN4/c1-4-20-47(21-5-1)68-59-31-14-12-29-53(59)57-42-45(35-39-63(57)68)67(46-36-40-64-58(43-46)54-30-13-15-32-60(54)69(64)48-22-6-2-7-23-48)44-19-18-26-50(41-44)71-62-34-17-11-28-52(62)56-38-37-55-51-27-10-16-33-61(51)70(65(55)66(56)71)49-24-8-3-9-25-49/h1-43H. The predicted octanol–water partition coefficient (Wildman–Crippen LogP) is 14.6. The molecule has 11 aromatic carbocycles. The molecule has 0 radical (unpaired) electrons. The number of nitrogens with zero attached hydrogens (tertiary/aromatic N) is 4. The molecule has 71 heavy (non-hydrogen) atoms. The van der Waals surface area contributed by atoms with Crippen LogP contribution < -0.4 is 16.4 Å².